The summed E-state index contributed by atoms with van der Waals surface area (Å²) in [4.78, 5) is 12.4. The molecule has 0 aliphatic rings. The van der Waals surface area contributed by atoms with Crippen molar-refractivity contribution >= 4 is 5.95 Å². The SMILES string of the molecule is COc1ccnc(NCc2cnccc2C)n1. The van der Waals surface area contributed by atoms with Gasteiger partial charge in [0, 0.05) is 31.2 Å². The number of rotatable bonds is 4. The lowest BCUT2D eigenvalue weighted by Gasteiger charge is -2.07. The van der Waals surface area contributed by atoms with Crippen LogP contribution in [0.5, 0.6) is 5.88 Å². The Bertz CT molecular complexity index is 501. The maximum Gasteiger partial charge on any atom is 0.226 e. The fourth-order valence-corrected chi connectivity index (χ4v) is 1.40. The minimum atomic E-state index is 0.547. The Morgan fingerprint density at radius 2 is 2.18 bits per heavy atom. The summed E-state index contributed by atoms with van der Waals surface area (Å²) in [7, 11) is 1.58. The number of hydrogen-bond donors (Lipinski definition) is 1. The van der Waals surface area contributed by atoms with Crippen LogP contribution in [0.15, 0.2) is 30.7 Å². The van der Waals surface area contributed by atoms with Crippen molar-refractivity contribution in [3.05, 3.63) is 41.9 Å². The predicted molar refractivity (Wildman–Crippen MR) is 64.9 cm³/mol. The molecule has 0 aliphatic heterocycles. The lowest BCUT2D eigenvalue weighted by atomic mass is 10.2. The van der Waals surface area contributed by atoms with Gasteiger partial charge in [0.25, 0.3) is 0 Å². The van der Waals surface area contributed by atoms with Crippen molar-refractivity contribution in [1.29, 1.82) is 0 Å². The molecule has 2 rings (SSSR count). The molecule has 2 aromatic rings. The Balaban J connectivity index is 2.05. The fraction of sp³-hybridized carbons (Fsp3) is 0.250. The Hall–Kier alpha value is -2.17. The number of nitrogens with zero attached hydrogens (tertiary/aromatic N) is 3. The van der Waals surface area contributed by atoms with Gasteiger partial charge in [-0.05, 0) is 24.1 Å². The standard InChI is InChI=1S/C12H14N4O/c1-9-3-5-13-7-10(9)8-15-12-14-6-4-11(16-12)17-2/h3-7H,8H2,1-2H3,(H,14,15,16). The summed E-state index contributed by atoms with van der Waals surface area (Å²) in [6, 6.07) is 3.68. The van der Waals surface area contributed by atoms with E-state index < -0.39 is 0 Å². The van der Waals surface area contributed by atoms with Gasteiger partial charge in [-0.1, -0.05) is 0 Å². The monoisotopic (exact) mass is 230 g/mol. The zero-order chi connectivity index (χ0) is 12.1. The summed E-state index contributed by atoms with van der Waals surface area (Å²) >= 11 is 0. The number of anilines is 1. The van der Waals surface area contributed by atoms with Gasteiger partial charge in [0.05, 0.1) is 7.11 Å². The molecule has 0 saturated carbocycles. The van der Waals surface area contributed by atoms with Crippen LogP contribution in [0.25, 0.3) is 0 Å². The molecule has 0 aromatic carbocycles. The third-order valence-corrected chi connectivity index (χ3v) is 2.42. The molecule has 0 amide bonds. The Kier molecular flexibility index (Phi) is 3.49. The van der Waals surface area contributed by atoms with Crippen LogP contribution in [0.4, 0.5) is 5.95 Å². The van der Waals surface area contributed by atoms with E-state index in [1.54, 1.807) is 25.6 Å². The van der Waals surface area contributed by atoms with E-state index >= 15 is 0 Å². The molecule has 5 heteroatoms. The average Bonchev–Trinajstić information content (AvgIpc) is 2.38. The lowest BCUT2D eigenvalue weighted by molar-refractivity contribution is 0.397. The quantitative estimate of drug-likeness (QED) is 0.867. The van der Waals surface area contributed by atoms with Gasteiger partial charge in [-0.2, -0.15) is 4.98 Å². The Labute approximate surface area is 99.9 Å². The van der Waals surface area contributed by atoms with Gasteiger partial charge in [0.2, 0.25) is 11.8 Å². The average molecular weight is 230 g/mol. The topological polar surface area (TPSA) is 59.9 Å². The summed E-state index contributed by atoms with van der Waals surface area (Å²) in [6.07, 6.45) is 5.27. The largest absolute Gasteiger partial charge is 0.481 e. The van der Waals surface area contributed by atoms with Crippen molar-refractivity contribution < 1.29 is 4.74 Å². The molecule has 0 bridgehead atoms. The number of aryl methyl sites for hydroxylation is 1. The van der Waals surface area contributed by atoms with Crippen LogP contribution in [0.3, 0.4) is 0 Å². The number of methoxy groups -OCH3 is 1. The van der Waals surface area contributed by atoms with Crippen LogP contribution < -0.4 is 10.1 Å². The van der Waals surface area contributed by atoms with E-state index in [1.165, 1.54) is 5.56 Å². The highest BCUT2D eigenvalue weighted by atomic mass is 16.5. The summed E-state index contributed by atoms with van der Waals surface area (Å²) < 4.78 is 5.03. The molecule has 2 aromatic heterocycles. The first-order valence-electron chi connectivity index (χ1n) is 5.30. The van der Waals surface area contributed by atoms with Gasteiger partial charge in [0.1, 0.15) is 0 Å². The summed E-state index contributed by atoms with van der Waals surface area (Å²) in [6.45, 7) is 2.69. The normalized spacial score (nSPS) is 10.0. The molecule has 0 aliphatic carbocycles. The third-order valence-electron chi connectivity index (χ3n) is 2.42. The Morgan fingerprint density at radius 1 is 1.29 bits per heavy atom. The molecule has 0 saturated heterocycles. The van der Waals surface area contributed by atoms with Crippen molar-refractivity contribution in [2.24, 2.45) is 0 Å². The van der Waals surface area contributed by atoms with E-state index in [1.807, 2.05) is 19.2 Å². The van der Waals surface area contributed by atoms with Crippen LogP contribution in [-0.4, -0.2) is 22.1 Å². The van der Waals surface area contributed by atoms with E-state index in [0.717, 1.165) is 5.56 Å². The number of hydrogen-bond acceptors (Lipinski definition) is 5. The molecule has 0 fully saturated rings. The molecule has 1 N–H and O–H groups in total. The predicted octanol–water partition coefficient (Wildman–Crippen LogP) is 1.80. The molecule has 0 spiro atoms. The van der Waals surface area contributed by atoms with Gasteiger partial charge >= 0.3 is 0 Å². The highest BCUT2D eigenvalue weighted by Gasteiger charge is 2.01. The minimum absolute atomic E-state index is 0.547. The molecule has 0 radical (unpaired) electrons. The number of nitrogens with one attached hydrogen (secondary N) is 1. The fourth-order valence-electron chi connectivity index (χ4n) is 1.40. The molecule has 2 heterocycles. The van der Waals surface area contributed by atoms with Gasteiger partial charge in [-0.15, -0.1) is 0 Å². The summed E-state index contributed by atoms with van der Waals surface area (Å²) in [5.41, 5.74) is 2.31. The van der Waals surface area contributed by atoms with Crippen LogP contribution in [0.2, 0.25) is 0 Å². The Morgan fingerprint density at radius 3 is 2.94 bits per heavy atom. The van der Waals surface area contributed by atoms with E-state index in [2.05, 4.69) is 20.3 Å². The van der Waals surface area contributed by atoms with Crippen LogP contribution in [0, 0.1) is 6.92 Å². The highest BCUT2D eigenvalue weighted by molar-refractivity contribution is 5.31. The van der Waals surface area contributed by atoms with Gasteiger partial charge in [-0.25, -0.2) is 4.98 Å². The zero-order valence-corrected chi connectivity index (χ0v) is 9.84. The number of pyridine rings is 1. The van der Waals surface area contributed by atoms with Crippen molar-refractivity contribution in [2.75, 3.05) is 12.4 Å². The first-order valence-corrected chi connectivity index (χ1v) is 5.30. The van der Waals surface area contributed by atoms with Gasteiger partial charge < -0.3 is 10.1 Å². The van der Waals surface area contributed by atoms with Gasteiger partial charge in [0.15, 0.2) is 0 Å². The van der Waals surface area contributed by atoms with Crippen LogP contribution in [-0.2, 0) is 6.54 Å². The highest BCUT2D eigenvalue weighted by Crippen LogP contribution is 2.10. The first kappa shape index (κ1) is 11.3. The molecular formula is C12H14N4O. The van der Waals surface area contributed by atoms with Crippen LogP contribution >= 0.6 is 0 Å². The third kappa shape index (κ3) is 2.90. The second-order valence-corrected chi connectivity index (χ2v) is 3.58. The van der Waals surface area contributed by atoms with Crippen molar-refractivity contribution in [1.82, 2.24) is 15.0 Å². The second kappa shape index (κ2) is 5.25. The van der Waals surface area contributed by atoms with Crippen molar-refractivity contribution in [2.45, 2.75) is 13.5 Å². The van der Waals surface area contributed by atoms with Crippen molar-refractivity contribution in [3.63, 3.8) is 0 Å². The summed E-state index contributed by atoms with van der Waals surface area (Å²) in [5, 5.41) is 3.13. The zero-order valence-electron chi connectivity index (χ0n) is 9.84. The van der Waals surface area contributed by atoms with Crippen LogP contribution in [0.1, 0.15) is 11.1 Å². The molecule has 17 heavy (non-hydrogen) atoms. The summed E-state index contributed by atoms with van der Waals surface area (Å²) in [5.74, 6) is 1.10. The number of aromatic nitrogens is 3. The van der Waals surface area contributed by atoms with E-state index in [4.69, 9.17) is 4.74 Å². The number of ether oxygens (including phenoxy) is 1. The maximum absolute atomic E-state index is 5.03. The second-order valence-electron chi connectivity index (χ2n) is 3.58. The molecule has 88 valence electrons. The molecule has 0 atom stereocenters. The first-order chi connectivity index (χ1) is 8.29. The molecule has 0 unspecified atom stereocenters. The lowest BCUT2D eigenvalue weighted by Crippen LogP contribution is -2.05. The van der Waals surface area contributed by atoms with E-state index in [0.29, 0.717) is 18.4 Å². The smallest absolute Gasteiger partial charge is 0.226 e. The molecular weight excluding hydrogens is 216 g/mol. The molecule has 5 nitrogen and oxygen atoms in total. The van der Waals surface area contributed by atoms with E-state index in [9.17, 15) is 0 Å². The van der Waals surface area contributed by atoms with E-state index in [-0.39, 0.29) is 0 Å². The maximum atomic E-state index is 5.03. The van der Waals surface area contributed by atoms with Gasteiger partial charge in [-0.3, -0.25) is 4.98 Å². The minimum Gasteiger partial charge on any atom is -0.481 e. The van der Waals surface area contributed by atoms with Crippen molar-refractivity contribution in [3.8, 4) is 5.88 Å².